The molecule has 17 heavy (non-hydrogen) atoms. The first-order chi connectivity index (χ1) is 7.81. The van der Waals surface area contributed by atoms with Gasteiger partial charge >= 0.3 is 5.97 Å². The second kappa shape index (κ2) is 4.60. The summed E-state index contributed by atoms with van der Waals surface area (Å²) in [5.74, 6) is 1.71. The zero-order valence-corrected chi connectivity index (χ0v) is 10.6. The molecule has 0 amide bonds. The first-order valence-corrected chi connectivity index (χ1v) is 6.60. The minimum atomic E-state index is -3.48. The van der Waals surface area contributed by atoms with E-state index in [1.165, 1.54) is 19.2 Å². The summed E-state index contributed by atoms with van der Waals surface area (Å²) in [5, 5.41) is 0. The molecule has 0 atom stereocenters. The zero-order chi connectivity index (χ0) is 13.2. The Morgan fingerprint density at radius 3 is 2.41 bits per heavy atom. The van der Waals surface area contributed by atoms with Gasteiger partial charge in [0.1, 0.15) is 0 Å². The van der Waals surface area contributed by atoms with Crippen molar-refractivity contribution in [2.45, 2.75) is 11.8 Å². The molecule has 1 aromatic carbocycles. The fourth-order valence-corrected chi connectivity index (χ4v) is 2.29. The van der Waals surface area contributed by atoms with Crippen molar-refractivity contribution in [3.8, 4) is 12.3 Å². The van der Waals surface area contributed by atoms with Crippen molar-refractivity contribution >= 4 is 15.8 Å². The molecule has 0 radical (unpaired) electrons. The van der Waals surface area contributed by atoms with Gasteiger partial charge in [0.15, 0.2) is 9.84 Å². The molecule has 4 nitrogen and oxygen atoms in total. The number of aryl methyl sites for hydroxylation is 1. The van der Waals surface area contributed by atoms with Gasteiger partial charge in [0.05, 0.1) is 17.6 Å². The molecule has 0 aromatic heterocycles. The lowest BCUT2D eigenvalue weighted by molar-refractivity contribution is 0.0599. The number of esters is 1. The summed E-state index contributed by atoms with van der Waals surface area (Å²) in [6.07, 6.45) is 6.29. The number of hydrogen-bond acceptors (Lipinski definition) is 4. The second-order valence-corrected chi connectivity index (χ2v) is 5.56. The number of terminal acetylenes is 1. The standard InChI is InChI=1S/C12H12O4S/c1-5-9-6-8(2)10(12(13)16-3)7-11(9)17(4,14)15/h1,6-7H,2-4H3. The number of rotatable bonds is 2. The lowest BCUT2D eigenvalue weighted by Gasteiger charge is -2.08. The lowest BCUT2D eigenvalue weighted by atomic mass is 10.1. The van der Waals surface area contributed by atoms with E-state index in [2.05, 4.69) is 10.7 Å². The van der Waals surface area contributed by atoms with Crippen LogP contribution in [0, 0.1) is 19.3 Å². The molecule has 0 saturated carbocycles. The van der Waals surface area contributed by atoms with Crippen molar-refractivity contribution in [2.75, 3.05) is 13.4 Å². The summed E-state index contributed by atoms with van der Waals surface area (Å²) in [7, 11) is -2.24. The van der Waals surface area contributed by atoms with Crippen molar-refractivity contribution in [1.82, 2.24) is 0 Å². The van der Waals surface area contributed by atoms with Gasteiger partial charge in [-0.05, 0) is 24.6 Å². The van der Waals surface area contributed by atoms with Crippen molar-refractivity contribution < 1.29 is 17.9 Å². The Hall–Kier alpha value is -1.80. The molecule has 90 valence electrons. The minimum Gasteiger partial charge on any atom is -0.465 e. The summed E-state index contributed by atoms with van der Waals surface area (Å²) in [6.45, 7) is 1.67. The van der Waals surface area contributed by atoms with Crippen LogP contribution >= 0.6 is 0 Å². The summed E-state index contributed by atoms with van der Waals surface area (Å²) in [5.41, 5.74) is 1.03. The van der Waals surface area contributed by atoms with Gasteiger partial charge in [-0.1, -0.05) is 5.92 Å². The molecule has 0 unspecified atom stereocenters. The molecule has 0 aliphatic rings. The highest BCUT2D eigenvalue weighted by molar-refractivity contribution is 7.90. The Kier molecular flexibility index (Phi) is 3.59. The van der Waals surface area contributed by atoms with Crippen LogP contribution in [0.15, 0.2) is 17.0 Å². The van der Waals surface area contributed by atoms with Gasteiger partial charge in [-0.3, -0.25) is 0 Å². The van der Waals surface area contributed by atoms with Gasteiger partial charge in [0, 0.05) is 11.8 Å². The van der Waals surface area contributed by atoms with Crippen LogP contribution in [0.2, 0.25) is 0 Å². The number of sulfone groups is 1. The number of hydrogen-bond donors (Lipinski definition) is 0. The second-order valence-electron chi connectivity index (χ2n) is 3.57. The van der Waals surface area contributed by atoms with E-state index in [0.717, 1.165) is 6.26 Å². The Morgan fingerprint density at radius 1 is 1.41 bits per heavy atom. The molecule has 0 saturated heterocycles. The molecule has 0 bridgehead atoms. The molecule has 0 aliphatic heterocycles. The molecule has 0 aliphatic carbocycles. The summed E-state index contributed by atoms with van der Waals surface area (Å²) < 4.78 is 27.7. The van der Waals surface area contributed by atoms with E-state index in [-0.39, 0.29) is 16.0 Å². The van der Waals surface area contributed by atoms with Gasteiger partial charge in [0.2, 0.25) is 0 Å². The van der Waals surface area contributed by atoms with Crippen LogP contribution in [0.1, 0.15) is 21.5 Å². The van der Waals surface area contributed by atoms with Crippen LogP contribution < -0.4 is 0 Å². The van der Waals surface area contributed by atoms with Crippen LogP contribution in [0.3, 0.4) is 0 Å². The van der Waals surface area contributed by atoms with Crippen molar-refractivity contribution in [3.05, 3.63) is 28.8 Å². The predicted octanol–water partition coefficient (Wildman–Crippen LogP) is 1.17. The SMILES string of the molecule is C#Cc1cc(C)c(C(=O)OC)cc1S(C)(=O)=O. The normalized spacial score (nSPS) is 10.7. The van der Waals surface area contributed by atoms with E-state index in [1.54, 1.807) is 6.92 Å². The quantitative estimate of drug-likeness (QED) is 0.585. The number of methoxy groups -OCH3 is 1. The van der Waals surface area contributed by atoms with Gasteiger partial charge in [-0.2, -0.15) is 0 Å². The van der Waals surface area contributed by atoms with E-state index in [9.17, 15) is 13.2 Å². The van der Waals surface area contributed by atoms with Crippen LogP contribution in [0.4, 0.5) is 0 Å². The zero-order valence-electron chi connectivity index (χ0n) is 9.77. The number of carbonyl (C=O) groups is 1. The van der Waals surface area contributed by atoms with Crippen LogP contribution in [-0.2, 0) is 14.6 Å². The molecule has 0 N–H and O–H groups in total. The van der Waals surface area contributed by atoms with Crippen LogP contribution in [0.25, 0.3) is 0 Å². The average Bonchev–Trinajstić information content (AvgIpc) is 2.25. The van der Waals surface area contributed by atoms with E-state index in [4.69, 9.17) is 6.42 Å². The Labute approximate surface area is 101 Å². The van der Waals surface area contributed by atoms with E-state index < -0.39 is 15.8 Å². The van der Waals surface area contributed by atoms with E-state index in [1.807, 2.05) is 0 Å². The smallest absolute Gasteiger partial charge is 0.338 e. The first-order valence-electron chi connectivity index (χ1n) is 4.71. The Balaban J connectivity index is 3.62. The molecular formula is C12H12O4S. The average molecular weight is 252 g/mol. The fourth-order valence-electron chi connectivity index (χ4n) is 1.44. The fraction of sp³-hybridized carbons (Fsp3) is 0.250. The first kappa shape index (κ1) is 13.3. The Morgan fingerprint density at radius 2 is 2.00 bits per heavy atom. The molecule has 1 rings (SSSR count). The third-order valence-corrected chi connectivity index (χ3v) is 3.42. The molecular weight excluding hydrogens is 240 g/mol. The van der Waals surface area contributed by atoms with Crippen molar-refractivity contribution in [3.63, 3.8) is 0 Å². The summed E-state index contributed by atoms with van der Waals surface area (Å²) in [6, 6.07) is 2.74. The molecule has 1 aromatic rings. The maximum atomic E-state index is 11.5. The van der Waals surface area contributed by atoms with Crippen molar-refractivity contribution in [2.24, 2.45) is 0 Å². The predicted molar refractivity (Wildman–Crippen MR) is 63.6 cm³/mol. The maximum absolute atomic E-state index is 11.5. The topological polar surface area (TPSA) is 60.4 Å². The van der Waals surface area contributed by atoms with Gasteiger partial charge in [-0.15, -0.1) is 6.42 Å². The van der Waals surface area contributed by atoms with Crippen LogP contribution in [0.5, 0.6) is 0 Å². The summed E-state index contributed by atoms with van der Waals surface area (Å²) in [4.78, 5) is 11.4. The number of carbonyl (C=O) groups excluding carboxylic acids is 1. The third-order valence-electron chi connectivity index (χ3n) is 2.29. The largest absolute Gasteiger partial charge is 0.465 e. The van der Waals surface area contributed by atoms with Gasteiger partial charge in [0.25, 0.3) is 0 Å². The van der Waals surface area contributed by atoms with Crippen LogP contribution in [-0.4, -0.2) is 27.8 Å². The highest BCUT2D eigenvalue weighted by Crippen LogP contribution is 2.21. The van der Waals surface area contributed by atoms with Gasteiger partial charge in [-0.25, -0.2) is 13.2 Å². The monoisotopic (exact) mass is 252 g/mol. The summed E-state index contributed by atoms with van der Waals surface area (Å²) >= 11 is 0. The highest BCUT2D eigenvalue weighted by Gasteiger charge is 2.18. The van der Waals surface area contributed by atoms with E-state index >= 15 is 0 Å². The molecule has 0 spiro atoms. The number of benzene rings is 1. The lowest BCUT2D eigenvalue weighted by Crippen LogP contribution is -2.08. The third kappa shape index (κ3) is 2.66. The van der Waals surface area contributed by atoms with Gasteiger partial charge < -0.3 is 4.74 Å². The molecule has 0 heterocycles. The Bertz CT molecular complexity index is 606. The van der Waals surface area contributed by atoms with E-state index in [0.29, 0.717) is 5.56 Å². The highest BCUT2D eigenvalue weighted by atomic mass is 32.2. The molecule has 0 fully saturated rings. The minimum absolute atomic E-state index is 0.0361. The number of ether oxygens (including phenoxy) is 1. The van der Waals surface area contributed by atoms with Crippen molar-refractivity contribution in [1.29, 1.82) is 0 Å². The molecule has 5 heteroatoms. The maximum Gasteiger partial charge on any atom is 0.338 e.